The Hall–Kier alpha value is -1.88. The zero-order chi connectivity index (χ0) is 15.0. The van der Waals surface area contributed by atoms with Crippen molar-refractivity contribution in [3.05, 3.63) is 57.8 Å². The Bertz CT molecular complexity index is 717. The molecule has 0 saturated carbocycles. The molecule has 1 aliphatic heterocycles. The summed E-state index contributed by atoms with van der Waals surface area (Å²) in [6.45, 7) is 0.643. The smallest absolute Gasteiger partial charge is 0.258 e. The number of hydrogen-bond donors (Lipinski definition) is 1. The Morgan fingerprint density at radius 1 is 1.29 bits per heavy atom. The highest BCUT2D eigenvalue weighted by Crippen LogP contribution is 2.32. The maximum atomic E-state index is 13.3. The summed E-state index contributed by atoms with van der Waals surface area (Å²) in [7, 11) is 0. The minimum atomic E-state index is -0.380. The summed E-state index contributed by atoms with van der Waals surface area (Å²) in [6.07, 6.45) is 1.74. The largest absolute Gasteiger partial charge is 0.398 e. The first kappa shape index (κ1) is 14.1. The van der Waals surface area contributed by atoms with Crippen LogP contribution in [0.5, 0.6) is 0 Å². The van der Waals surface area contributed by atoms with Gasteiger partial charge in [-0.15, -0.1) is 0 Å². The molecule has 0 bridgehead atoms. The zero-order valence-electron chi connectivity index (χ0n) is 11.3. The number of benzene rings is 2. The molecule has 0 saturated heterocycles. The Morgan fingerprint density at radius 3 is 2.86 bits per heavy atom. The first-order chi connectivity index (χ1) is 10.1. The number of rotatable bonds is 1. The van der Waals surface area contributed by atoms with Crippen LogP contribution in [0.2, 0.25) is 0 Å². The summed E-state index contributed by atoms with van der Waals surface area (Å²) in [5.41, 5.74) is 9.03. The van der Waals surface area contributed by atoms with Crippen LogP contribution in [0.3, 0.4) is 0 Å². The lowest BCUT2D eigenvalue weighted by atomic mass is 9.99. The lowest BCUT2D eigenvalue weighted by Crippen LogP contribution is -2.35. The second-order valence-corrected chi connectivity index (χ2v) is 5.89. The summed E-state index contributed by atoms with van der Waals surface area (Å²) in [4.78, 5) is 14.4. The topological polar surface area (TPSA) is 46.3 Å². The van der Waals surface area contributed by atoms with Gasteiger partial charge in [-0.1, -0.05) is 6.07 Å². The maximum Gasteiger partial charge on any atom is 0.258 e. The second-order valence-electron chi connectivity index (χ2n) is 5.03. The molecule has 0 spiro atoms. The number of nitrogens with two attached hydrogens (primary N) is 1. The van der Waals surface area contributed by atoms with E-state index in [1.165, 1.54) is 18.2 Å². The van der Waals surface area contributed by atoms with Gasteiger partial charge in [0.25, 0.3) is 5.91 Å². The Morgan fingerprint density at radius 2 is 2.10 bits per heavy atom. The van der Waals surface area contributed by atoms with Gasteiger partial charge in [-0.2, -0.15) is 0 Å². The van der Waals surface area contributed by atoms with Crippen molar-refractivity contribution in [3.63, 3.8) is 0 Å². The molecule has 3 rings (SSSR count). The van der Waals surface area contributed by atoms with E-state index in [1.807, 2.05) is 18.2 Å². The van der Waals surface area contributed by atoms with E-state index in [0.717, 1.165) is 24.1 Å². The van der Waals surface area contributed by atoms with Crippen LogP contribution in [0.15, 0.2) is 40.9 Å². The van der Waals surface area contributed by atoms with Gasteiger partial charge < -0.3 is 10.6 Å². The highest BCUT2D eigenvalue weighted by molar-refractivity contribution is 9.10. The molecule has 3 nitrogen and oxygen atoms in total. The average Bonchev–Trinajstić information content (AvgIpc) is 2.49. The predicted octanol–water partition coefficient (Wildman–Crippen LogP) is 3.76. The fraction of sp³-hybridized carbons (Fsp3) is 0.188. The maximum absolute atomic E-state index is 13.3. The van der Waals surface area contributed by atoms with Crippen molar-refractivity contribution < 1.29 is 9.18 Å². The van der Waals surface area contributed by atoms with Gasteiger partial charge >= 0.3 is 0 Å². The van der Waals surface area contributed by atoms with Crippen LogP contribution in [0.1, 0.15) is 22.3 Å². The SMILES string of the molecule is Nc1cccc2c1CCCN2C(=O)c1ccc(F)c(Br)c1. The molecule has 2 aromatic carbocycles. The highest BCUT2D eigenvalue weighted by Gasteiger charge is 2.25. The van der Waals surface area contributed by atoms with Crippen molar-refractivity contribution in [1.82, 2.24) is 0 Å². The molecular weight excluding hydrogens is 335 g/mol. The van der Waals surface area contributed by atoms with E-state index in [2.05, 4.69) is 15.9 Å². The van der Waals surface area contributed by atoms with Gasteiger partial charge in [0.2, 0.25) is 0 Å². The van der Waals surface area contributed by atoms with Crippen LogP contribution in [0.4, 0.5) is 15.8 Å². The van der Waals surface area contributed by atoms with E-state index < -0.39 is 0 Å². The fourth-order valence-electron chi connectivity index (χ4n) is 2.65. The molecule has 1 amide bonds. The molecule has 0 fully saturated rings. The summed E-state index contributed by atoms with van der Waals surface area (Å²) in [5.74, 6) is -0.517. The van der Waals surface area contributed by atoms with Gasteiger partial charge in [-0.3, -0.25) is 4.79 Å². The fourth-order valence-corrected chi connectivity index (χ4v) is 3.03. The quantitative estimate of drug-likeness (QED) is 0.797. The first-order valence-corrected chi connectivity index (χ1v) is 7.51. The Labute approximate surface area is 130 Å². The van der Waals surface area contributed by atoms with Crippen LogP contribution >= 0.6 is 15.9 Å². The predicted molar refractivity (Wildman–Crippen MR) is 85.0 cm³/mol. The number of carbonyl (C=O) groups excluding carboxylic acids is 1. The zero-order valence-corrected chi connectivity index (χ0v) is 12.9. The van der Waals surface area contributed by atoms with Gasteiger partial charge in [0, 0.05) is 23.5 Å². The van der Waals surface area contributed by atoms with Crippen molar-refractivity contribution >= 4 is 33.2 Å². The third-order valence-corrected chi connectivity index (χ3v) is 4.31. The number of halogens is 2. The number of carbonyl (C=O) groups is 1. The molecule has 0 aromatic heterocycles. The Kier molecular flexibility index (Phi) is 3.68. The molecule has 21 heavy (non-hydrogen) atoms. The molecule has 5 heteroatoms. The van der Waals surface area contributed by atoms with Crippen LogP contribution in [0, 0.1) is 5.82 Å². The number of nitrogen functional groups attached to an aromatic ring is 1. The highest BCUT2D eigenvalue weighted by atomic mass is 79.9. The third-order valence-electron chi connectivity index (χ3n) is 3.70. The number of hydrogen-bond acceptors (Lipinski definition) is 2. The van der Waals surface area contributed by atoms with Gasteiger partial charge in [0.15, 0.2) is 0 Å². The Balaban J connectivity index is 2.00. The number of fused-ring (bicyclic) bond motifs is 1. The van der Waals surface area contributed by atoms with Gasteiger partial charge in [0.05, 0.1) is 4.47 Å². The molecule has 0 aliphatic carbocycles. The number of anilines is 2. The molecule has 1 aliphatic rings. The van der Waals surface area contributed by atoms with Crippen LogP contribution in [-0.2, 0) is 6.42 Å². The molecule has 2 aromatic rings. The van der Waals surface area contributed by atoms with E-state index in [0.29, 0.717) is 17.8 Å². The molecular formula is C16H14BrFN2O. The lowest BCUT2D eigenvalue weighted by Gasteiger charge is -2.30. The van der Waals surface area contributed by atoms with Gasteiger partial charge in [0.1, 0.15) is 5.82 Å². The van der Waals surface area contributed by atoms with Crippen molar-refractivity contribution in [2.24, 2.45) is 0 Å². The van der Waals surface area contributed by atoms with Gasteiger partial charge in [-0.25, -0.2) is 4.39 Å². The van der Waals surface area contributed by atoms with Crippen molar-refractivity contribution in [1.29, 1.82) is 0 Å². The first-order valence-electron chi connectivity index (χ1n) is 6.72. The third kappa shape index (κ3) is 2.53. The monoisotopic (exact) mass is 348 g/mol. The molecule has 2 N–H and O–H groups in total. The van der Waals surface area contributed by atoms with Crippen molar-refractivity contribution in [3.8, 4) is 0 Å². The van der Waals surface area contributed by atoms with E-state index in [1.54, 1.807) is 4.90 Å². The summed E-state index contributed by atoms with van der Waals surface area (Å²) >= 11 is 3.12. The van der Waals surface area contributed by atoms with E-state index >= 15 is 0 Å². The minimum absolute atomic E-state index is 0.137. The van der Waals surface area contributed by atoms with Crippen molar-refractivity contribution in [2.75, 3.05) is 17.2 Å². The normalized spacial score (nSPS) is 13.9. The molecule has 0 radical (unpaired) electrons. The second kappa shape index (κ2) is 5.48. The lowest BCUT2D eigenvalue weighted by molar-refractivity contribution is 0.0985. The average molecular weight is 349 g/mol. The van der Waals surface area contributed by atoms with E-state index in [9.17, 15) is 9.18 Å². The molecule has 108 valence electrons. The number of amides is 1. The summed E-state index contributed by atoms with van der Waals surface area (Å²) in [6, 6.07) is 9.91. The molecule has 0 unspecified atom stereocenters. The van der Waals surface area contributed by atoms with Crippen molar-refractivity contribution in [2.45, 2.75) is 12.8 Å². The van der Waals surface area contributed by atoms with Crippen LogP contribution in [-0.4, -0.2) is 12.5 Å². The van der Waals surface area contributed by atoms with Gasteiger partial charge in [-0.05, 0) is 64.7 Å². The van der Waals surface area contributed by atoms with Crippen LogP contribution < -0.4 is 10.6 Å². The minimum Gasteiger partial charge on any atom is -0.398 e. The van der Waals surface area contributed by atoms with E-state index in [4.69, 9.17) is 5.73 Å². The number of nitrogens with zero attached hydrogens (tertiary/aromatic N) is 1. The molecule has 1 heterocycles. The van der Waals surface area contributed by atoms with Crippen LogP contribution in [0.25, 0.3) is 0 Å². The summed E-state index contributed by atoms with van der Waals surface area (Å²) < 4.78 is 13.6. The summed E-state index contributed by atoms with van der Waals surface area (Å²) in [5, 5.41) is 0. The van der Waals surface area contributed by atoms with E-state index in [-0.39, 0.29) is 16.2 Å². The standard InChI is InChI=1S/C16H14BrFN2O/c17-12-9-10(6-7-13(12)18)16(21)20-8-2-3-11-14(19)4-1-5-15(11)20/h1,4-7,9H,2-3,8,19H2. The molecule has 0 atom stereocenters.